The van der Waals surface area contributed by atoms with Crippen molar-refractivity contribution in [2.45, 2.75) is 39.7 Å². The van der Waals surface area contributed by atoms with E-state index in [1.807, 2.05) is 0 Å². The van der Waals surface area contributed by atoms with Gasteiger partial charge in [-0.1, -0.05) is 13.8 Å². The van der Waals surface area contributed by atoms with Crippen molar-refractivity contribution in [2.24, 2.45) is 11.8 Å². The molecule has 3 atom stereocenters. The first-order valence-electron chi connectivity index (χ1n) is 5.32. The van der Waals surface area contributed by atoms with E-state index < -0.39 is 0 Å². The van der Waals surface area contributed by atoms with Gasteiger partial charge in [0.1, 0.15) is 0 Å². The third-order valence-electron chi connectivity index (χ3n) is 3.22. The standard InChI is InChI=1S/C11H20N2/c1-4-11(7-12)10(3)13-6-5-9(2)8-13/h9-11H,4-6,8H2,1-3H3. The van der Waals surface area contributed by atoms with Gasteiger partial charge in [-0.25, -0.2) is 0 Å². The van der Waals surface area contributed by atoms with Crippen molar-refractivity contribution in [1.82, 2.24) is 4.90 Å². The van der Waals surface area contributed by atoms with Gasteiger partial charge in [0.2, 0.25) is 0 Å². The molecule has 0 aliphatic carbocycles. The Morgan fingerprint density at radius 2 is 2.31 bits per heavy atom. The van der Waals surface area contributed by atoms with Crippen LogP contribution < -0.4 is 0 Å². The smallest absolute Gasteiger partial charge is 0.0672 e. The highest BCUT2D eigenvalue weighted by Gasteiger charge is 2.27. The molecule has 3 unspecified atom stereocenters. The second-order valence-electron chi connectivity index (χ2n) is 4.27. The van der Waals surface area contributed by atoms with Gasteiger partial charge in [0.15, 0.2) is 0 Å². The molecule has 1 fully saturated rings. The lowest BCUT2D eigenvalue weighted by molar-refractivity contribution is 0.207. The van der Waals surface area contributed by atoms with Crippen molar-refractivity contribution in [3.05, 3.63) is 0 Å². The average molecular weight is 180 g/mol. The molecule has 2 nitrogen and oxygen atoms in total. The summed E-state index contributed by atoms with van der Waals surface area (Å²) >= 11 is 0. The summed E-state index contributed by atoms with van der Waals surface area (Å²) in [6.07, 6.45) is 2.27. The van der Waals surface area contributed by atoms with E-state index in [4.69, 9.17) is 5.26 Å². The zero-order valence-corrected chi connectivity index (χ0v) is 8.95. The minimum absolute atomic E-state index is 0.213. The molecule has 2 heteroatoms. The lowest BCUT2D eigenvalue weighted by Gasteiger charge is -2.27. The van der Waals surface area contributed by atoms with Crippen LogP contribution in [0.1, 0.15) is 33.6 Å². The molecule has 0 radical (unpaired) electrons. The predicted octanol–water partition coefficient (Wildman–Crippen LogP) is 2.27. The summed E-state index contributed by atoms with van der Waals surface area (Å²) in [6.45, 7) is 8.94. The lowest BCUT2D eigenvalue weighted by atomic mass is 9.99. The van der Waals surface area contributed by atoms with Crippen LogP contribution in [0.25, 0.3) is 0 Å². The molecule has 0 aromatic rings. The fourth-order valence-corrected chi connectivity index (χ4v) is 2.13. The van der Waals surface area contributed by atoms with E-state index in [0.29, 0.717) is 6.04 Å². The largest absolute Gasteiger partial charge is 0.299 e. The molecular formula is C11H20N2. The SMILES string of the molecule is CCC(C#N)C(C)N1CCC(C)C1. The van der Waals surface area contributed by atoms with Crippen LogP contribution >= 0.6 is 0 Å². The first kappa shape index (κ1) is 10.5. The molecule has 0 spiro atoms. The number of hydrogen-bond acceptors (Lipinski definition) is 2. The van der Waals surface area contributed by atoms with Gasteiger partial charge in [0.05, 0.1) is 12.0 Å². The number of nitrogens with zero attached hydrogens (tertiary/aromatic N) is 2. The van der Waals surface area contributed by atoms with Gasteiger partial charge in [-0.2, -0.15) is 5.26 Å². The topological polar surface area (TPSA) is 27.0 Å². The Labute approximate surface area is 81.5 Å². The molecule has 0 saturated carbocycles. The van der Waals surface area contributed by atoms with Crippen LogP contribution in [0, 0.1) is 23.2 Å². The maximum atomic E-state index is 8.95. The van der Waals surface area contributed by atoms with E-state index in [0.717, 1.165) is 12.3 Å². The van der Waals surface area contributed by atoms with Crippen molar-refractivity contribution in [1.29, 1.82) is 5.26 Å². The summed E-state index contributed by atoms with van der Waals surface area (Å²) in [7, 11) is 0. The summed E-state index contributed by atoms with van der Waals surface area (Å²) in [5.74, 6) is 1.03. The Hall–Kier alpha value is -0.550. The van der Waals surface area contributed by atoms with Crippen molar-refractivity contribution < 1.29 is 0 Å². The molecule has 1 aliphatic heterocycles. The monoisotopic (exact) mass is 180 g/mol. The summed E-state index contributed by atoms with van der Waals surface area (Å²) in [5.41, 5.74) is 0. The molecule has 1 rings (SSSR count). The number of likely N-dealkylation sites (tertiary alicyclic amines) is 1. The molecule has 1 saturated heterocycles. The van der Waals surface area contributed by atoms with Crippen molar-refractivity contribution in [2.75, 3.05) is 13.1 Å². The van der Waals surface area contributed by atoms with E-state index >= 15 is 0 Å². The molecule has 0 N–H and O–H groups in total. The Morgan fingerprint density at radius 1 is 1.62 bits per heavy atom. The zero-order chi connectivity index (χ0) is 9.84. The van der Waals surface area contributed by atoms with Crippen LogP contribution in [0.2, 0.25) is 0 Å². The molecule has 1 aliphatic rings. The van der Waals surface area contributed by atoms with Gasteiger partial charge in [0.25, 0.3) is 0 Å². The number of hydrogen-bond donors (Lipinski definition) is 0. The fraction of sp³-hybridized carbons (Fsp3) is 0.909. The summed E-state index contributed by atoms with van der Waals surface area (Å²) < 4.78 is 0. The van der Waals surface area contributed by atoms with E-state index in [9.17, 15) is 0 Å². The molecule has 0 aromatic heterocycles. The molecule has 1 heterocycles. The summed E-state index contributed by atoms with van der Waals surface area (Å²) in [5, 5.41) is 8.95. The average Bonchev–Trinajstić information content (AvgIpc) is 2.54. The fourth-order valence-electron chi connectivity index (χ4n) is 2.13. The first-order valence-corrected chi connectivity index (χ1v) is 5.32. The highest BCUT2D eigenvalue weighted by Crippen LogP contribution is 2.22. The third kappa shape index (κ3) is 2.45. The molecule has 13 heavy (non-hydrogen) atoms. The highest BCUT2D eigenvalue weighted by atomic mass is 15.2. The zero-order valence-electron chi connectivity index (χ0n) is 8.95. The summed E-state index contributed by atoms with van der Waals surface area (Å²) in [6, 6.07) is 2.85. The Kier molecular flexibility index (Phi) is 3.74. The van der Waals surface area contributed by atoms with Crippen LogP contribution in [0.5, 0.6) is 0 Å². The Balaban J connectivity index is 2.47. The van der Waals surface area contributed by atoms with Crippen LogP contribution in [0.4, 0.5) is 0 Å². The van der Waals surface area contributed by atoms with Crippen LogP contribution in [-0.2, 0) is 0 Å². The van der Waals surface area contributed by atoms with Crippen LogP contribution in [-0.4, -0.2) is 24.0 Å². The maximum Gasteiger partial charge on any atom is 0.0672 e. The van der Waals surface area contributed by atoms with Crippen molar-refractivity contribution in [3.63, 3.8) is 0 Å². The first-order chi connectivity index (χ1) is 6.19. The van der Waals surface area contributed by atoms with Gasteiger partial charge < -0.3 is 0 Å². The Morgan fingerprint density at radius 3 is 2.69 bits per heavy atom. The molecule has 0 amide bonds. The predicted molar refractivity (Wildman–Crippen MR) is 54.2 cm³/mol. The second-order valence-corrected chi connectivity index (χ2v) is 4.27. The van der Waals surface area contributed by atoms with Crippen molar-refractivity contribution >= 4 is 0 Å². The molecule has 74 valence electrons. The van der Waals surface area contributed by atoms with E-state index in [1.54, 1.807) is 0 Å². The summed E-state index contributed by atoms with van der Waals surface area (Å²) in [4.78, 5) is 2.46. The Bertz CT molecular complexity index is 195. The highest BCUT2D eigenvalue weighted by molar-refractivity contribution is 4.92. The minimum atomic E-state index is 0.213. The lowest BCUT2D eigenvalue weighted by Crippen LogP contribution is -2.36. The molecular weight excluding hydrogens is 160 g/mol. The van der Waals surface area contributed by atoms with E-state index in [-0.39, 0.29) is 5.92 Å². The molecule has 0 bridgehead atoms. The van der Waals surface area contributed by atoms with Gasteiger partial charge in [-0.15, -0.1) is 0 Å². The molecule has 0 aromatic carbocycles. The minimum Gasteiger partial charge on any atom is -0.299 e. The third-order valence-corrected chi connectivity index (χ3v) is 3.22. The van der Waals surface area contributed by atoms with Crippen LogP contribution in [0.3, 0.4) is 0 Å². The van der Waals surface area contributed by atoms with Crippen molar-refractivity contribution in [3.8, 4) is 6.07 Å². The van der Waals surface area contributed by atoms with Gasteiger partial charge >= 0.3 is 0 Å². The maximum absolute atomic E-state index is 8.95. The normalized spacial score (nSPS) is 28.3. The van der Waals surface area contributed by atoms with E-state index in [1.165, 1.54) is 19.5 Å². The quantitative estimate of drug-likeness (QED) is 0.666. The van der Waals surface area contributed by atoms with Gasteiger partial charge in [0, 0.05) is 12.6 Å². The second kappa shape index (κ2) is 4.62. The van der Waals surface area contributed by atoms with Gasteiger partial charge in [-0.05, 0) is 32.2 Å². The number of nitriles is 1. The number of rotatable bonds is 3. The van der Waals surface area contributed by atoms with Gasteiger partial charge in [-0.3, -0.25) is 4.90 Å². The van der Waals surface area contributed by atoms with Crippen LogP contribution in [0.15, 0.2) is 0 Å². The van der Waals surface area contributed by atoms with E-state index in [2.05, 4.69) is 31.7 Å².